The first-order valence-electron chi connectivity index (χ1n) is 13.0. The maximum atomic E-state index is 13.7. The largest absolute Gasteiger partial charge is 0.378 e. The lowest BCUT2D eigenvalue weighted by Crippen LogP contribution is -2.48. The van der Waals surface area contributed by atoms with Gasteiger partial charge in [0.2, 0.25) is 5.91 Å². The average molecular weight is 536 g/mol. The van der Waals surface area contributed by atoms with Gasteiger partial charge in [-0.1, -0.05) is 18.5 Å². The van der Waals surface area contributed by atoms with Crippen molar-refractivity contribution in [3.05, 3.63) is 88.7 Å². The van der Waals surface area contributed by atoms with Gasteiger partial charge in [-0.05, 0) is 80.1 Å². The Morgan fingerprint density at radius 3 is 2.37 bits per heavy atom. The highest BCUT2D eigenvalue weighted by molar-refractivity contribution is 6.30. The Hall–Kier alpha value is -3.42. The molecule has 0 radical (unpaired) electrons. The Bertz CT molecular complexity index is 1310. The van der Waals surface area contributed by atoms with Gasteiger partial charge >= 0.3 is 0 Å². The predicted molar refractivity (Wildman–Crippen MR) is 149 cm³/mol. The number of carbonyl (C=O) groups is 2. The van der Waals surface area contributed by atoms with Crippen molar-refractivity contribution >= 4 is 40.5 Å². The second kappa shape index (κ2) is 11.1. The van der Waals surface area contributed by atoms with Gasteiger partial charge in [0.15, 0.2) is 0 Å². The Labute approximate surface area is 227 Å². The number of carbonyl (C=O) groups excluding carboxylic acids is 2. The normalized spacial score (nSPS) is 19.2. The molecule has 8 heteroatoms. The smallest absolute Gasteiger partial charge is 0.258 e. The highest BCUT2D eigenvalue weighted by Crippen LogP contribution is 2.44. The summed E-state index contributed by atoms with van der Waals surface area (Å²) >= 11 is 6.16. The summed E-state index contributed by atoms with van der Waals surface area (Å²) in [4.78, 5) is 33.0. The summed E-state index contributed by atoms with van der Waals surface area (Å²) in [6.07, 6.45) is 0.880. The minimum absolute atomic E-state index is 0.00874. The van der Waals surface area contributed by atoms with Crippen LogP contribution in [0.4, 0.5) is 21.5 Å². The lowest BCUT2D eigenvalue weighted by atomic mass is 9.88. The Balaban J connectivity index is 1.63. The molecule has 1 fully saturated rings. The van der Waals surface area contributed by atoms with Crippen molar-refractivity contribution in [2.24, 2.45) is 0 Å². The van der Waals surface area contributed by atoms with E-state index in [9.17, 15) is 14.0 Å². The van der Waals surface area contributed by atoms with Gasteiger partial charge in [-0.25, -0.2) is 4.39 Å². The van der Waals surface area contributed by atoms with E-state index in [2.05, 4.69) is 11.0 Å². The molecule has 0 bridgehead atoms. The summed E-state index contributed by atoms with van der Waals surface area (Å²) in [7, 11) is 0. The molecule has 2 heterocycles. The third-order valence-electron chi connectivity index (χ3n) is 7.31. The minimum Gasteiger partial charge on any atom is -0.378 e. The molecule has 0 saturated carbocycles. The van der Waals surface area contributed by atoms with Crippen LogP contribution in [0.2, 0.25) is 5.02 Å². The van der Waals surface area contributed by atoms with Crippen molar-refractivity contribution in [1.82, 2.24) is 0 Å². The van der Waals surface area contributed by atoms with Crippen molar-refractivity contribution in [1.29, 1.82) is 0 Å². The summed E-state index contributed by atoms with van der Waals surface area (Å²) in [6.45, 7) is 6.69. The number of benzene rings is 3. The number of morpholine rings is 1. The highest BCUT2D eigenvalue weighted by Gasteiger charge is 2.39. The predicted octanol–water partition coefficient (Wildman–Crippen LogP) is 6.24. The fraction of sp³-hybridized carbons (Fsp3) is 0.333. The van der Waals surface area contributed by atoms with Crippen LogP contribution in [-0.2, 0) is 9.53 Å². The first-order chi connectivity index (χ1) is 18.4. The SMILES string of the molecule is CCC(=O)N(c1ccc(Cl)cc1)[C@H]1C[C@@H](C)N(C(=O)c2ccc(F)cc2)c2ccc(N3CCOCC3)cc21. The molecule has 2 aliphatic rings. The van der Waals surface area contributed by atoms with Crippen molar-refractivity contribution in [2.45, 2.75) is 38.8 Å². The molecule has 0 spiro atoms. The van der Waals surface area contributed by atoms with Crippen molar-refractivity contribution in [2.75, 3.05) is 41.0 Å². The van der Waals surface area contributed by atoms with E-state index in [1.165, 1.54) is 24.3 Å². The number of ether oxygens (including phenoxy) is 1. The van der Waals surface area contributed by atoms with Crippen LogP contribution in [0.5, 0.6) is 0 Å². The van der Waals surface area contributed by atoms with E-state index in [1.54, 1.807) is 17.0 Å². The van der Waals surface area contributed by atoms with E-state index >= 15 is 0 Å². The van der Waals surface area contributed by atoms with Crippen LogP contribution < -0.4 is 14.7 Å². The molecule has 0 unspecified atom stereocenters. The quantitative estimate of drug-likeness (QED) is 0.388. The number of nitrogens with zero attached hydrogens (tertiary/aromatic N) is 3. The average Bonchev–Trinajstić information content (AvgIpc) is 2.94. The van der Waals surface area contributed by atoms with E-state index in [0.29, 0.717) is 36.6 Å². The molecule has 5 rings (SSSR count). The van der Waals surface area contributed by atoms with Gasteiger partial charge in [0.05, 0.1) is 19.3 Å². The molecule has 3 aromatic rings. The second-order valence-electron chi connectivity index (χ2n) is 9.72. The standard InChI is InChI=1S/C30H31ClFN3O3/c1-3-29(36)35(24-10-6-22(31)7-11-24)28-18-20(2)34(30(37)21-4-8-23(32)9-5-21)27-13-12-25(19-26(27)28)33-14-16-38-17-15-33/h4-13,19-20,28H,3,14-18H2,1-2H3/t20-,28+/m1/s1. The van der Waals surface area contributed by atoms with Gasteiger partial charge in [0.1, 0.15) is 5.82 Å². The summed E-state index contributed by atoms with van der Waals surface area (Å²) in [5, 5.41) is 0.598. The summed E-state index contributed by atoms with van der Waals surface area (Å²) in [5.41, 5.74) is 3.86. The van der Waals surface area contributed by atoms with Crippen LogP contribution in [-0.4, -0.2) is 44.2 Å². The molecule has 38 heavy (non-hydrogen) atoms. The zero-order valence-electron chi connectivity index (χ0n) is 21.6. The van der Waals surface area contributed by atoms with Crippen LogP contribution in [0.3, 0.4) is 0 Å². The number of halogens is 2. The minimum atomic E-state index is -0.388. The highest BCUT2D eigenvalue weighted by atomic mass is 35.5. The molecular weight excluding hydrogens is 505 g/mol. The fourth-order valence-corrected chi connectivity index (χ4v) is 5.52. The van der Waals surface area contributed by atoms with Gasteiger partial charge in [0.25, 0.3) is 5.91 Å². The topological polar surface area (TPSA) is 53.1 Å². The van der Waals surface area contributed by atoms with Gasteiger partial charge in [0, 0.05) is 58.8 Å². The van der Waals surface area contributed by atoms with E-state index in [-0.39, 0.29) is 29.7 Å². The summed E-state index contributed by atoms with van der Waals surface area (Å²) in [5.74, 6) is -0.595. The monoisotopic (exact) mass is 535 g/mol. The van der Waals surface area contributed by atoms with E-state index in [1.807, 2.05) is 43.0 Å². The van der Waals surface area contributed by atoms with E-state index in [4.69, 9.17) is 16.3 Å². The first kappa shape index (κ1) is 26.2. The molecule has 3 aromatic carbocycles. The van der Waals surface area contributed by atoms with E-state index in [0.717, 1.165) is 35.7 Å². The lowest BCUT2D eigenvalue weighted by Gasteiger charge is -2.44. The van der Waals surface area contributed by atoms with Crippen LogP contribution >= 0.6 is 11.6 Å². The maximum Gasteiger partial charge on any atom is 0.258 e. The molecule has 2 amide bonds. The number of anilines is 3. The van der Waals surface area contributed by atoms with Crippen LogP contribution in [0.1, 0.15) is 48.7 Å². The third kappa shape index (κ3) is 5.13. The number of hydrogen-bond donors (Lipinski definition) is 0. The van der Waals surface area contributed by atoms with Crippen LogP contribution in [0.15, 0.2) is 66.7 Å². The molecule has 1 saturated heterocycles. The zero-order chi connectivity index (χ0) is 26.8. The molecule has 0 N–H and O–H groups in total. The Morgan fingerprint density at radius 2 is 1.71 bits per heavy atom. The van der Waals surface area contributed by atoms with Gasteiger partial charge < -0.3 is 19.4 Å². The number of amides is 2. The maximum absolute atomic E-state index is 13.7. The molecular formula is C30H31ClFN3O3. The number of fused-ring (bicyclic) bond motifs is 1. The molecule has 0 aliphatic carbocycles. The van der Waals surface area contributed by atoms with Gasteiger partial charge in [-0.2, -0.15) is 0 Å². The molecule has 2 aliphatic heterocycles. The van der Waals surface area contributed by atoms with E-state index < -0.39 is 0 Å². The zero-order valence-corrected chi connectivity index (χ0v) is 22.3. The van der Waals surface area contributed by atoms with Gasteiger partial charge in [-0.15, -0.1) is 0 Å². The molecule has 198 valence electrons. The summed E-state index contributed by atoms with van der Waals surface area (Å²) in [6, 6.07) is 18.5. The fourth-order valence-electron chi connectivity index (χ4n) is 5.39. The van der Waals surface area contributed by atoms with Crippen LogP contribution in [0.25, 0.3) is 0 Å². The van der Waals surface area contributed by atoms with Crippen molar-refractivity contribution < 1.29 is 18.7 Å². The Morgan fingerprint density at radius 1 is 1.03 bits per heavy atom. The lowest BCUT2D eigenvalue weighted by molar-refractivity contribution is -0.118. The van der Waals surface area contributed by atoms with Gasteiger partial charge in [-0.3, -0.25) is 9.59 Å². The molecule has 0 aromatic heterocycles. The summed E-state index contributed by atoms with van der Waals surface area (Å²) < 4.78 is 19.1. The number of rotatable bonds is 5. The third-order valence-corrected chi connectivity index (χ3v) is 7.56. The van der Waals surface area contributed by atoms with Crippen molar-refractivity contribution in [3.8, 4) is 0 Å². The number of hydrogen-bond acceptors (Lipinski definition) is 4. The Kier molecular flexibility index (Phi) is 7.68. The molecule has 6 nitrogen and oxygen atoms in total. The van der Waals surface area contributed by atoms with Crippen LogP contribution in [0, 0.1) is 5.82 Å². The molecule has 2 atom stereocenters. The first-order valence-corrected chi connectivity index (χ1v) is 13.4. The second-order valence-corrected chi connectivity index (χ2v) is 10.2. The van der Waals surface area contributed by atoms with Crippen molar-refractivity contribution in [3.63, 3.8) is 0 Å².